The molecule has 1 fully saturated rings. The third-order valence-corrected chi connectivity index (χ3v) is 3.69. The number of nitrogens with one attached hydrogen (secondary N) is 1. The van der Waals surface area contributed by atoms with Crippen LogP contribution in [0, 0.1) is 0 Å². The second-order valence-electron chi connectivity index (χ2n) is 4.22. The second kappa shape index (κ2) is 4.55. The van der Waals surface area contributed by atoms with Gasteiger partial charge in [0.15, 0.2) is 0 Å². The van der Waals surface area contributed by atoms with Gasteiger partial charge in [-0.3, -0.25) is 10.1 Å². The lowest BCUT2D eigenvalue weighted by Gasteiger charge is -2.38. The molecule has 1 aliphatic carbocycles. The second-order valence-corrected chi connectivity index (χ2v) is 5.14. The van der Waals surface area contributed by atoms with Crippen LogP contribution < -0.4 is 5.32 Å². The monoisotopic (exact) mass is 283 g/mol. The lowest BCUT2D eigenvalue weighted by molar-refractivity contribution is -0.148. The third-order valence-electron chi connectivity index (χ3n) is 3.16. The van der Waals surface area contributed by atoms with Gasteiger partial charge in [0.25, 0.3) is 0 Å². The van der Waals surface area contributed by atoms with E-state index in [0.29, 0.717) is 6.54 Å². The van der Waals surface area contributed by atoms with Gasteiger partial charge in [0.2, 0.25) is 0 Å². The van der Waals surface area contributed by atoms with E-state index in [9.17, 15) is 4.79 Å². The third kappa shape index (κ3) is 2.28. The predicted molar refractivity (Wildman–Crippen MR) is 65.2 cm³/mol. The Kier molecular flexibility index (Phi) is 3.30. The summed E-state index contributed by atoms with van der Waals surface area (Å²) in [6.45, 7) is 0.611. The van der Waals surface area contributed by atoms with Crippen molar-refractivity contribution in [1.29, 1.82) is 0 Å². The average Bonchev–Trinajstić information content (AvgIpc) is 2.18. The molecule has 0 radical (unpaired) electrons. The van der Waals surface area contributed by atoms with Gasteiger partial charge < -0.3 is 5.11 Å². The number of carboxylic acid groups (broad SMARTS) is 1. The number of carboxylic acids is 1. The average molecular weight is 284 g/mol. The lowest BCUT2D eigenvalue weighted by Crippen LogP contribution is -2.56. The van der Waals surface area contributed by atoms with Crippen LogP contribution in [-0.4, -0.2) is 16.6 Å². The molecule has 0 atom stereocenters. The molecule has 3 nitrogen and oxygen atoms in total. The molecule has 1 aliphatic rings. The summed E-state index contributed by atoms with van der Waals surface area (Å²) < 4.78 is 1.04. The Bertz CT molecular complexity index is 385. The van der Waals surface area contributed by atoms with E-state index in [2.05, 4.69) is 21.2 Å². The molecule has 1 aromatic carbocycles. The van der Waals surface area contributed by atoms with Crippen LogP contribution in [0.1, 0.15) is 24.8 Å². The Morgan fingerprint density at radius 3 is 2.44 bits per heavy atom. The highest BCUT2D eigenvalue weighted by atomic mass is 79.9. The zero-order chi connectivity index (χ0) is 11.6. The van der Waals surface area contributed by atoms with Gasteiger partial charge in [-0.15, -0.1) is 0 Å². The fourth-order valence-electron chi connectivity index (χ4n) is 1.87. The number of rotatable bonds is 4. The Hall–Kier alpha value is -0.870. The zero-order valence-electron chi connectivity index (χ0n) is 8.87. The number of hydrogen-bond acceptors (Lipinski definition) is 2. The van der Waals surface area contributed by atoms with Crippen LogP contribution >= 0.6 is 15.9 Å². The molecule has 2 N–H and O–H groups in total. The van der Waals surface area contributed by atoms with Crippen molar-refractivity contribution >= 4 is 21.9 Å². The molecule has 0 unspecified atom stereocenters. The van der Waals surface area contributed by atoms with Crippen LogP contribution in [0.25, 0.3) is 0 Å². The van der Waals surface area contributed by atoms with E-state index >= 15 is 0 Å². The maximum atomic E-state index is 11.1. The summed E-state index contributed by atoms with van der Waals surface area (Å²) in [4.78, 5) is 11.1. The van der Waals surface area contributed by atoms with Crippen LogP contribution in [-0.2, 0) is 11.3 Å². The molecule has 0 aliphatic heterocycles. The fraction of sp³-hybridized carbons (Fsp3) is 0.417. The van der Waals surface area contributed by atoms with E-state index in [-0.39, 0.29) is 0 Å². The van der Waals surface area contributed by atoms with E-state index in [0.717, 1.165) is 29.3 Å². The number of carbonyl (C=O) groups is 1. The zero-order valence-corrected chi connectivity index (χ0v) is 10.5. The quantitative estimate of drug-likeness (QED) is 0.893. The minimum absolute atomic E-state index is 0.611. The molecule has 1 saturated carbocycles. The van der Waals surface area contributed by atoms with E-state index < -0.39 is 11.5 Å². The standard InChI is InChI=1S/C12H14BrNO2/c13-10-4-2-9(3-5-10)8-14-12(11(15)16)6-1-7-12/h2-5,14H,1,6-8H2,(H,15,16). The molecule has 0 saturated heterocycles. The van der Waals surface area contributed by atoms with Gasteiger partial charge in [-0.05, 0) is 37.0 Å². The number of hydrogen-bond donors (Lipinski definition) is 2. The van der Waals surface area contributed by atoms with Crippen LogP contribution in [0.2, 0.25) is 0 Å². The van der Waals surface area contributed by atoms with E-state index in [1.165, 1.54) is 0 Å². The summed E-state index contributed by atoms with van der Waals surface area (Å²) in [6.07, 6.45) is 2.47. The molecule has 0 amide bonds. The van der Waals surface area contributed by atoms with Crippen molar-refractivity contribution < 1.29 is 9.90 Å². The van der Waals surface area contributed by atoms with Gasteiger partial charge in [0, 0.05) is 11.0 Å². The Morgan fingerprint density at radius 1 is 1.38 bits per heavy atom. The normalized spacial score (nSPS) is 17.8. The highest BCUT2D eigenvalue weighted by molar-refractivity contribution is 9.10. The number of aliphatic carboxylic acids is 1. The van der Waals surface area contributed by atoms with Gasteiger partial charge in [0.05, 0.1) is 0 Å². The molecule has 1 aromatic rings. The molecule has 4 heteroatoms. The SMILES string of the molecule is O=C(O)C1(NCc2ccc(Br)cc2)CCC1. The first kappa shape index (κ1) is 11.6. The van der Waals surface area contributed by atoms with E-state index in [4.69, 9.17) is 5.11 Å². The minimum atomic E-state index is -0.726. The summed E-state index contributed by atoms with van der Waals surface area (Å²) in [5.41, 5.74) is 0.434. The van der Waals surface area contributed by atoms with E-state index in [1.807, 2.05) is 24.3 Å². The van der Waals surface area contributed by atoms with Gasteiger partial charge in [-0.1, -0.05) is 28.1 Å². The Morgan fingerprint density at radius 2 is 2.00 bits per heavy atom. The smallest absolute Gasteiger partial charge is 0.323 e. The first-order valence-corrected chi connectivity index (χ1v) is 6.15. The molecule has 0 aromatic heterocycles. The molecule has 0 bridgehead atoms. The van der Waals surface area contributed by atoms with Gasteiger partial charge >= 0.3 is 5.97 Å². The van der Waals surface area contributed by atoms with Gasteiger partial charge in [-0.25, -0.2) is 0 Å². The first-order chi connectivity index (χ1) is 7.62. The maximum Gasteiger partial charge on any atom is 0.323 e. The van der Waals surface area contributed by atoms with Crippen molar-refractivity contribution in [1.82, 2.24) is 5.32 Å². The van der Waals surface area contributed by atoms with Gasteiger partial charge in [-0.2, -0.15) is 0 Å². The molecular formula is C12H14BrNO2. The molecule has 2 rings (SSSR count). The van der Waals surface area contributed by atoms with Crippen molar-refractivity contribution in [3.63, 3.8) is 0 Å². The van der Waals surface area contributed by atoms with Crippen LogP contribution in [0.4, 0.5) is 0 Å². The predicted octanol–water partition coefficient (Wildman–Crippen LogP) is 2.55. The first-order valence-electron chi connectivity index (χ1n) is 5.35. The number of halogens is 1. The van der Waals surface area contributed by atoms with Crippen LogP contribution in [0.15, 0.2) is 28.7 Å². The van der Waals surface area contributed by atoms with Crippen LogP contribution in [0.5, 0.6) is 0 Å². The van der Waals surface area contributed by atoms with Crippen LogP contribution in [0.3, 0.4) is 0 Å². The Labute approximate surface area is 103 Å². The topological polar surface area (TPSA) is 49.3 Å². The molecule has 0 heterocycles. The molecule has 86 valence electrons. The largest absolute Gasteiger partial charge is 0.480 e. The summed E-state index contributed by atoms with van der Waals surface area (Å²) in [5, 5.41) is 12.3. The summed E-state index contributed by atoms with van der Waals surface area (Å²) in [5.74, 6) is -0.726. The highest BCUT2D eigenvalue weighted by Gasteiger charge is 2.43. The van der Waals surface area contributed by atoms with Crippen molar-refractivity contribution in [3.05, 3.63) is 34.3 Å². The van der Waals surface area contributed by atoms with Crippen molar-refractivity contribution in [2.45, 2.75) is 31.3 Å². The molecular weight excluding hydrogens is 270 g/mol. The number of benzene rings is 1. The minimum Gasteiger partial charge on any atom is -0.480 e. The summed E-state index contributed by atoms with van der Waals surface area (Å²) in [7, 11) is 0. The lowest BCUT2D eigenvalue weighted by atomic mass is 9.76. The van der Waals surface area contributed by atoms with Gasteiger partial charge in [0.1, 0.15) is 5.54 Å². The Balaban J connectivity index is 1.96. The summed E-state index contributed by atoms with van der Waals surface area (Å²) >= 11 is 3.37. The maximum absolute atomic E-state index is 11.1. The molecule has 0 spiro atoms. The fourth-order valence-corrected chi connectivity index (χ4v) is 2.13. The summed E-state index contributed by atoms with van der Waals surface area (Å²) in [6, 6.07) is 7.91. The van der Waals surface area contributed by atoms with Crippen molar-refractivity contribution in [2.75, 3.05) is 0 Å². The van der Waals surface area contributed by atoms with Crippen molar-refractivity contribution in [2.24, 2.45) is 0 Å². The van der Waals surface area contributed by atoms with E-state index in [1.54, 1.807) is 0 Å². The highest BCUT2D eigenvalue weighted by Crippen LogP contribution is 2.32. The van der Waals surface area contributed by atoms with Crippen molar-refractivity contribution in [3.8, 4) is 0 Å². The molecule has 16 heavy (non-hydrogen) atoms.